The zero-order valence-corrected chi connectivity index (χ0v) is 14.8. The van der Waals surface area contributed by atoms with Crippen molar-refractivity contribution in [2.24, 2.45) is 0 Å². The van der Waals surface area contributed by atoms with Crippen molar-refractivity contribution in [2.75, 3.05) is 12.3 Å². The number of aromatic nitrogens is 2. The van der Waals surface area contributed by atoms with Gasteiger partial charge in [-0.25, -0.2) is 9.37 Å². The van der Waals surface area contributed by atoms with Crippen molar-refractivity contribution in [1.82, 2.24) is 14.9 Å². The summed E-state index contributed by atoms with van der Waals surface area (Å²) in [5, 5.41) is 2.79. The monoisotopic (exact) mass is 371 g/mol. The van der Waals surface area contributed by atoms with Crippen molar-refractivity contribution < 1.29 is 9.18 Å². The van der Waals surface area contributed by atoms with E-state index in [-0.39, 0.29) is 23.8 Å². The molecular formula is C19H18FN3O2S. The maximum atomic E-state index is 13.5. The molecule has 26 heavy (non-hydrogen) atoms. The van der Waals surface area contributed by atoms with Crippen LogP contribution >= 0.6 is 11.8 Å². The van der Waals surface area contributed by atoms with Gasteiger partial charge in [0.2, 0.25) is 5.91 Å². The summed E-state index contributed by atoms with van der Waals surface area (Å²) < 4.78 is 14.9. The van der Waals surface area contributed by atoms with E-state index in [9.17, 15) is 14.0 Å². The largest absolute Gasteiger partial charge is 0.354 e. The molecule has 5 nitrogen and oxygen atoms in total. The molecule has 0 saturated carbocycles. The fraction of sp³-hybridized carbons (Fsp3) is 0.211. The normalized spacial score (nSPS) is 10.8. The number of thioether (sulfide) groups is 1. The van der Waals surface area contributed by atoms with Gasteiger partial charge >= 0.3 is 0 Å². The van der Waals surface area contributed by atoms with Crippen molar-refractivity contribution in [3.05, 3.63) is 76.5 Å². The standard InChI is InChI=1S/C19H18FN3O2S/c20-15-6-2-1-5-14(15)13-26-10-9-21-18(24)12-23-17-8-4-3-7-16(17)22-11-19(23)25/h1-8,11H,9-10,12-13H2,(H,21,24). The first-order valence-corrected chi connectivity index (χ1v) is 9.33. The third-order valence-corrected chi connectivity index (χ3v) is 4.85. The number of hydrogen-bond acceptors (Lipinski definition) is 4. The SMILES string of the molecule is O=C(Cn1c(=O)cnc2ccccc21)NCCSCc1ccccc1F. The van der Waals surface area contributed by atoms with E-state index in [1.807, 2.05) is 6.07 Å². The van der Waals surface area contributed by atoms with Gasteiger partial charge in [-0.3, -0.25) is 14.2 Å². The van der Waals surface area contributed by atoms with Gasteiger partial charge in [-0.05, 0) is 23.8 Å². The Morgan fingerprint density at radius 1 is 1.15 bits per heavy atom. The number of rotatable bonds is 7. The number of halogens is 1. The van der Waals surface area contributed by atoms with Gasteiger partial charge < -0.3 is 5.32 Å². The van der Waals surface area contributed by atoms with Crippen molar-refractivity contribution in [3.8, 4) is 0 Å². The predicted molar refractivity (Wildman–Crippen MR) is 102 cm³/mol. The van der Waals surface area contributed by atoms with E-state index in [4.69, 9.17) is 0 Å². The lowest BCUT2D eigenvalue weighted by molar-refractivity contribution is -0.121. The zero-order valence-electron chi connectivity index (χ0n) is 14.0. The molecule has 0 unspecified atom stereocenters. The Morgan fingerprint density at radius 2 is 1.92 bits per heavy atom. The number of amides is 1. The fourth-order valence-corrected chi connectivity index (χ4v) is 3.38. The van der Waals surface area contributed by atoms with Crippen molar-refractivity contribution >= 4 is 28.7 Å². The van der Waals surface area contributed by atoms with Gasteiger partial charge in [0.25, 0.3) is 5.56 Å². The first kappa shape index (κ1) is 18.1. The smallest absolute Gasteiger partial charge is 0.269 e. The van der Waals surface area contributed by atoms with Gasteiger partial charge in [0.05, 0.1) is 17.2 Å². The highest BCUT2D eigenvalue weighted by atomic mass is 32.2. The summed E-state index contributed by atoms with van der Waals surface area (Å²) in [6, 6.07) is 13.8. The molecule has 3 aromatic rings. The van der Waals surface area contributed by atoms with E-state index in [2.05, 4.69) is 10.3 Å². The van der Waals surface area contributed by atoms with Gasteiger partial charge in [0.15, 0.2) is 0 Å². The average Bonchev–Trinajstić information content (AvgIpc) is 2.65. The summed E-state index contributed by atoms with van der Waals surface area (Å²) in [4.78, 5) is 28.2. The molecule has 1 heterocycles. The minimum Gasteiger partial charge on any atom is -0.354 e. The maximum absolute atomic E-state index is 13.5. The second-order valence-electron chi connectivity index (χ2n) is 5.67. The van der Waals surface area contributed by atoms with Crippen LogP contribution in [0.25, 0.3) is 11.0 Å². The van der Waals surface area contributed by atoms with Gasteiger partial charge in [-0.2, -0.15) is 11.8 Å². The number of benzene rings is 2. The summed E-state index contributed by atoms with van der Waals surface area (Å²) in [6.45, 7) is 0.398. The molecule has 0 aliphatic carbocycles. The van der Waals surface area contributed by atoms with Crippen molar-refractivity contribution in [2.45, 2.75) is 12.3 Å². The second-order valence-corrected chi connectivity index (χ2v) is 6.77. The number of hydrogen-bond donors (Lipinski definition) is 1. The minimum atomic E-state index is -0.312. The van der Waals surface area contributed by atoms with Crippen LogP contribution in [0, 0.1) is 5.82 Å². The summed E-state index contributed by atoms with van der Waals surface area (Å²) >= 11 is 1.54. The van der Waals surface area contributed by atoms with E-state index in [0.29, 0.717) is 34.6 Å². The Labute approximate surface area is 154 Å². The molecule has 3 rings (SSSR count). The third kappa shape index (κ3) is 4.49. The molecule has 0 aliphatic heterocycles. The quantitative estimate of drug-likeness (QED) is 0.649. The predicted octanol–water partition coefficient (Wildman–Crippen LogP) is 2.59. The van der Waals surface area contributed by atoms with E-state index in [1.165, 1.54) is 16.8 Å². The summed E-state index contributed by atoms with van der Waals surface area (Å²) in [5.74, 6) is 0.756. The Hall–Kier alpha value is -2.67. The van der Waals surface area contributed by atoms with Crippen LogP contribution in [0.5, 0.6) is 0 Å². The van der Waals surface area contributed by atoms with Gasteiger partial charge in [0, 0.05) is 18.1 Å². The lowest BCUT2D eigenvalue weighted by Crippen LogP contribution is -2.33. The van der Waals surface area contributed by atoms with Crippen LogP contribution in [0.2, 0.25) is 0 Å². The molecular weight excluding hydrogens is 353 g/mol. The number of carbonyl (C=O) groups is 1. The Balaban J connectivity index is 1.50. The van der Waals surface area contributed by atoms with Crippen LogP contribution in [0.4, 0.5) is 4.39 Å². The lowest BCUT2D eigenvalue weighted by atomic mass is 10.2. The van der Waals surface area contributed by atoms with Crippen molar-refractivity contribution in [3.63, 3.8) is 0 Å². The van der Waals surface area contributed by atoms with Crippen LogP contribution in [0.1, 0.15) is 5.56 Å². The zero-order chi connectivity index (χ0) is 18.4. The molecule has 0 fully saturated rings. The first-order chi connectivity index (χ1) is 12.6. The van der Waals surface area contributed by atoms with Crippen LogP contribution < -0.4 is 10.9 Å². The third-order valence-electron chi connectivity index (χ3n) is 3.84. The summed E-state index contributed by atoms with van der Waals surface area (Å²) in [7, 11) is 0. The van der Waals surface area contributed by atoms with Gasteiger partial charge in [-0.15, -0.1) is 0 Å². The van der Waals surface area contributed by atoms with Gasteiger partial charge in [-0.1, -0.05) is 30.3 Å². The second kappa shape index (κ2) is 8.62. The summed E-state index contributed by atoms with van der Waals surface area (Å²) in [6.07, 6.45) is 1.22. The van der Waals surface area contributed by atoms with E-state index >= 15 is 0 Å². The molecule has 0 saturated heterocycles. The molecule has 2 aromatic carbocycles. The number of nitrogens with zero attached hydrogens (tertiary/aromatic N) is 2. The highest BCUT2D eigenvalue weighted by molar-refractivity contribution is 7.98. The maximum Gasteiger partial charge on any atom is 0.269 e. The molecule has 1 amide bonds. The topological polar surface area (TPSA) is 64.0 Å². The van der Waals surface area contributed by atoms with E-state index in [1.54, 1.807) is 48.2 Å². The van der Waals surface area contributed by atoms with E-state index in [0.717, 1.165) is 0 Å². The van der Waals surface area contributed by atoms with Gasteiger partial charge in [0.1, 0.15) is 12.4 Å². The van der Waals surface area contributed by atoms with Crippen LogP contribution in [0.15, 0.2) is 59.5 Å². The van der Waals surface area contributed by atoms with E-state index < -0.39 is 0 Å². The number of carbonyl (C=O) groups excluding carboxylic acids is 1. The molecule has 134 valence electrons. The van der Waals surface area contributed by atoms with Crippen LogP contribution in [-0.4, -0.2) is 27.8 Å². The number of nitrogens with one attached hydrogen (secondary N) is 1. The molecule has 0 radical (unpaired) electrons. The number of fused-ring (bicyclic) bond motifs is 1. The van der Waals surface area contributed by atoms with Crippen LogP contribution in [0.3, 0.4) is 0 Å². The first-order valence-electron chi connectivity index (χ1n) is 8.17. The fourth-order valence-electron chi connectivity index (χ4n) is 2.54. The molecule has 1 N–H and O–H groups in total. The molecule has 0 spiro atoms. The van der Waals surface area contributed by atoms with Crippen LogP contribution in [-0.2, 0) is 17.1 Å². The number of para-hydroxylation sites is 2. The minimum absolute atomic E-state index is 0.0557. The lowest BCUT2D eigenvalue weighted by Gasteiger charge is -2.10. The summed E-state index contributed by atoms with van der Waals surface area (Å²) in [5.41, 5.74) is 1.64. The highest BCUT2D eigenvalue weighted by Crippen LogP contribution is 2.14. The molecule has 1 aromatic heterocycles. The Bertz CT molecular complexity index is 974. The molecule has 0 bridgehead atoms. The molecule has 7 heteroatoms. The highest BCUT2D eigenvalue weighted by Gasteiger charge is 2.08. The Morgan fingerprint density at radius 3 is 2.77 bits per heavy atom. The molecule has 0 atom stereocenters. The Kier molecular flexibility index (Phi) is 6.01. The average molecular weight is 371 g/mol. The molecule has 0 aliphatic rings. The van der Waals surface area contributed by atoms with Crippen molar-refractivity contribution in [1.29, 1.82) is 0 Å².